The quantitative estimate of drug-likeness (QED) is 0.851. The van der Waals surface area contributed by atoms with Gasteiger partial charge in [0.1, 0.15) is 10.6 Å². The Balaban J connectivity index is 2.26. The number of methoxy groups -OCH3 is 1. The number of aryl methyl sites for hydroxylation is 1. The van der Waals surface area contributed by atoms with Gasteiger partial charge in [0.15, 0.2) is 5.82 Å². The molecule has 21 heavy (non-hydrogen) atoms. The van der Waals surface area contributed by atoms with Gasteiger partial charge in [0.05, 0.1) is 12.8 Å². The maximum atomic E-state index is 12.4. The van der Waals surface area contributed by atoms with E-state index in [0.717, 1.165) is 5.56 Å². The number of nitrogens with zero attached hydrogens (tertiary/aromatic N) is 2. The van der Waals surface area contributed by atoms with Crippen LogP contribution in [0, 0.1) is 6.92 Å². The second-order valence-electron chi connectivity index (χ2n) is 4.56. The molecule has 1 heterocycles. The van der Waals surface area contributed by atoms with Crippen molar-refractivity contribution >= 4 is 15.8 Å². The van der Waals surface area contributed by atoms with Gasteiger partial charge in [-0.05, 0) is 13.0 Å². The van der Waals surface area contributed by atoms with E-state index < -0.39 is 10.0 Å². The molecule has 0 fully saturated rings. The van der Waals surface area contributed by atoms with Crippen molar-refractivity contribution in [1.82, 2.24) is 14.5 Å². The van der Waals surface area contributed by atoms with E-state index in [2.05, 4.69) is 9.82 Å². The number of hydrogen-bond donors (Lipinski definition) is 2. The third-order valence-corrected chi connectivity index (χ3v) is 4.78. The zero-order valence-electron chi connectivity index (χ0n) is 12.1. The van der Waals surface area contributed by atoms with Gasteiger partial charge >= 0.3 is 0 Å². The molecule has 3 N–H and O–H groups in total. The largest absolute Gasteiger partial charge is 0.496 e. The monoisotopic (exact) mass is 310 g/mol. The van der Waals surface area contributed by atoms with Crippen molar-refractivity contribution in [3.63, 3.8) is 0 Å². The number of nitrogen functional groups attached to an aromatic ring is 1. The number of ether oxygens (including phenoxy) is 1. The van der Waals surface area contributed by atoms with Crippen molar-refractivity contribution in [1.29, 1.82) is 0 Å². The van der Waals surface area contributed by atoms with Crippen molar-refractivity contribution in [2.75, 3.05) is 12.8 Å². The third kappa shape index (κ3) is 3.01. The van der Waals surface area contributed by atoms with Crippen LogP contribution in [0.4, 0.5) is 5.82 Å². The summed E-state index contributed by atoms with van der Waals surface area (Å²) in [7, 11) is -0.556. The lowest BCUT2D eigenvalue weighted by atomic mass is 10.2. The van der Waals surface area contributed by atoms with Gasteiger partial charge in [0, 0.05) is 19.2 Å². The van der Waals surface area contributed by atoms with E-state index in [9.17, 15) is 8.42 Å². The number of sulfonamides is 1. The number of hydrogen-bond acceptors (Lipinski definition) is 5. The lowest BCUT2D eigenvalue weighted by Crippen LogP contribution is -2.24. The summed E-state index contributed by atoms with van der Waals surface area (Å²) in [6.45, 7) is 1.77. The molecule has 1 aromatic carbocycles. The maximum absolute atomic E-state index is 12.4. The summed E-state index contributed by atoms with van der Waals surface area (Å²) in [4.78, 5) is 0.0138. The lowest BCUT2D eigenvalue weighted by molar-refractivity contribution is 0.409. The molecule has 0 radical (unpaired) electrons. The first-order chi connectivity index (χ1) is 9.86. The predicted molar refractivity (Wildman–Crippen MR) is 79.4 cm³/mol. The highest BCUT2D eigenvalue weighted by Crippen LogP contribution is 2.22. The summed E-state index contributed by atoms with van der Waals surface area (Å²) in [6.07, 6.45) is 0. The van der Waals surface area contributed by atoms with Crippen LogP contribution in [0.3, 0.4) is 0 Å². The summed E-state index contributed by atoms with van der Waals surface area (Å²) in [5.74, 6) is 0.610. The average molecular weight is 310 g/mol. The minimum absolute atomic E-state index is 0.0115. The van der Waals surface area contributed by atoms with Gasteiger partial charge in [-0.25, -0.2) is 13.1 Å². The minimum atomic E-state index is -3.74. The predicted octanol–water partition coefficient (Wildman–Crippen LogP) is 0.798. The summed E-state index contributed by atoms with van der Waals surface area (Å²) in [6, 6.07) is 7.20. The molecule has 8 heteroatoms. The van der Waals surface area contributed by atoms with Crippen molar-refractivity contribution in [3.05, 3.63) is 35.5 Å². The number of aromatic nitrogens is 2. The Hall–Kier alpha value is -2.06. The zero-order chi connectivity index (χ0) is 15.6. The van der Waals surface area contributed by atoms with Crippen LogP contribution < -0.4 is 15.2 Å². The van der Waals surface area contributed by atoms with Crippen LogP contribution in [0.15, 0.2) is 29.2 Å². The molecule has 0 bridgehead atoms. The highest BCUT2D eigenvalue weighted by atomic mass is 32.2. The van der Waals surface area contributed by atoms with Crippen LogP contribution >= 0.6 is 0 Å². The topological polar surface area (TPSA) is 99.2 Å². The number of benzene rings is 1. The molecule has 0 spiro atoms. The molecule has 0 aliphatic heterocycles. The van der Waals surface area contributed by atoms with Crippen LogP contribution in [0.25, 0.3) is 0 Å². The first kappa shape index (κ1) is 15.3. The average Bonchev–Trinajstić information content (AvgIpc) is 2.70. The highest BCUT2D eigenvalue weighted by molar-refractivity contribution is 7.89. The molecule has 0 amide bonds. The van der Waals surface area contributed by atoms with E-state index in [0.29, 0.717) is 11.4 Å². The van der Waals surface area contributed by atoms with Gasteiger partial charge in [-0.1, -0.05) is 18.2 Å². The van der Waals surface area contributed by atoms with Crippen LogP contribution in [-0.2, 0) is 23.6 Å². The Labute approximate surface area is 123 Å². The first-order valence-electron chi connectivity index (χ1n) is 6.27. The van der Waals surface area contributed by atoms with Gasteiger partial charge in [0.25, 0.3) is 0 Å². The Morgan fingerprint density at radius 2 is 2.05 bits per heavy atom. The highest BCUT2D eigenvalue weighted by Gasteiger charge is 2.24. The minimum Gasteiger partial charge on any atom is -0.496 e. The van der Waals surface area contributed by atoms with Crippen molar-refractivity contribution in [3.8, 4) is 5.75 Å². The molecular formula is C13H18N4O3S. The molecule has 0 aliphatic rings. The molecule has 0 saturated heterocycles. The van der Waals surface area contributed by atoms with Crippen molar-refractivity contribution < 1.29 is 13.2 Å². The maximum Gasteiger partial charge on any atom is 0.246 e. The lowest BCUT2D eigenvalue weighted by Gasteiger charge is -2.10. The molecule has 2 rings (SSSR count). The van der Waals surface area contributed by atoms with Gasteiger partial charge < -0.3 is 10.5 Å². The number of nitrogens with two attached hydrogens (primary N) is 1. The Bertz CT molecular complexity index is 753. The Morgan fingerprint density at radius 3 is 2.62 bits per heavy atom. The van der Waals surface area contributed by atoms with E-state index >= 15 is 0 Å². The fraction of sp³-hybridized carbons (Fsp3) is 0.308. The normalized spacial score (nSPS) is 11.6. The molecule has 1 aromatic heterocycles. The third-order valence-electron chi connectivity index (χ3n) is 3.22. The molecule has 0 aliphatic carbocycles. The van der Waals surface area contributed by atoms with E-state index in [1.807, 2.05) is 12.1 Å². The van der Waals surface area contributed by atoms with Crippen molar-refractivity contribution in [2.45, 2.75) is 18.4 Å². The number of nitrogens with one attached hydrogen (secondary N) is 1. The smallest absolute Gasteiger partial charge is 0.246 e. The molecular weight excluding hydrogens is 292 g/mol. The summed E-state index contributed by atoms with van der Waals surface area (Å²) >= 11 is 0. The Morgan fingerprint density at radius 1 is 1.38 bits per heavy atom. The zero-order valence-corrected chi connectivity index (χ0v) is 12.9. The van der Waals surface area contributed by atoms with Crippen molar-refractivity contribution in [2.24, 2.45) is 7.05 Å². The number of rotatable bonds is 5. The second kappa shape index (κ2) is 5.74. The van der Waals surface area contributed by atoms with Gasteiger partial charge in [-0.2, -0.15) is 5.10 Å². The van der Waals surface area contributed by atoms with E-state index in [4.69, 9.17) is 10.5 Å². The molecule has 0 unspecified atom stereocenters. The van der Waals surface area contributed by atoms with Crippen LogP contribution in [0.1, 0.15) is 11.3 Å². The van der Waals surface area contributed by atoms with E-state index in [1.54, 1.807) is 26.1 Å². The van der Waals surface area contributed by atoms with Gasteiger partial charge in [-0.15, -0.1) is 0 Å². The second-order valence-corrected chi connectivity index (χ2v) is 6.26. The fourth-order valence-corrected chi connectivity index (χ4v) is 3.37. The van der Waals surface area contributed by atoms with Gasteiger partial charge in [-0.3, -0.25) is 4.68 Å². The van der Waals surface area contributed by atoms with Crippen LogP contribution in [0.2, 0.25) is 0 Å². The number of para-hydroxylation sites is 1. The number of anilines is 1. The summed E-state index contributed by atoms with van der Waals surface area (Å²) in [5, 5.41) is 3.92. The Kier molecular flexibility index (Phi) is 4.19. The molecule has 7 nitrogen and oxygen atoms in total. The standard InChI is InChI=1S/C13H18N4O3S/c1-9-12(13(14)16-17(9)2)21(18,19)15-8-10-6-4-5-7-11(10)20-3/h4-7,15H,8H2,1-3H3,(H2,14,16). The van der Waals surface area contributed by atoms with Crippen LogP contribution in [0.5, 0.6) is 5.75 Å². The fourth-order valence-electron chi connectivity index (χ4n) is 2.04. The van der Waals surface area contributed by atoms with Gasteiger partial charge in [0.2, 0.25) is 10.0 Å². The molecule has 0 saturated carbocycles. The molecule has 0 atom stereocenters. The first-order valence-corrected chi connectivity index (χ1v) is 7.75. The van der Waals surface area contributed by atoms with E-state index in [1.165, 1.54) is 11.8 Å². The van der Waals surface area contributed by atoms with Crippen LogP contribution in [-0.4, -0.2) is 25.3 Å². The summed E-state index contributed by atoms with van der Waals surface area (Å²) in [5.41, 5.74) is 6.90. The summed E-state index contributed by atoms with van der Waals surface area (Å²) < 4.78 is 33.9. The molecule has 2 aromatic rings. The van der Waals surface area contributed by atoms with E-state index in [-0.39, 0.29) is 17.3 Å². The molecule has 114 valence electrons. The SMILES string of the molecule is COc1ccccc1CNS(=O)(=O)c1c(N)nn(C)c1C.